The minimum atomic E-state index is -3.37. The Hall–Kier alpha value is -0.800. The van der Waals surface area contributed by atoms with Crippen LogP contribution < -0.4 is 0 Å². The summed E-state index contributed by atoms with van der Waals surface area (Å²) in [5, 5.41) is 8.01. The van der Waals surface area contributed by atoms with Crippen LogP contribution in [0.15, 0.2) is 0 Å². The third-order valence-corrected chi connectivity index (χ3v) is 6.08. The second-order valence-corrected chi connectivity index (χ2v) is 8.27. The van der Waals surface area contributed by atoms with Gasteiger partial charge in [-0.25, -0.2) is 13.2 Å². The highest BCUT2D eigenvalue weighted by Gasteiger charge is 2.41. The quantitative estimate of drug-likeness (QED) is 0.751. The van der Waals surface area contributed by atoms with Gasteiger partial charge < -0.3 is 14.7 Å². The minimum absolute atomic E-state index is 0.276. The maximum atomic E-state index is 12.4. The Bertz CT molecular complexity index is 505. The molecule has 0 bridgehead atoms. The highest BCUT2D eigenvalue weighted by atomic mass is 32.2. The SMILES string of the molecule is CS(=O)(=O)C1CSCCN1C(=O)C1CCC(C(=O)O)O1. The number of carboxylic acid groups (broad SMARTS) is 1. The molecule has 3 atom stereocenters. The molecule has 7 nitrogen and oxygen atoms in total. The molecule has 0 aromatic carbocycles. The average Bonchev–Trinajstić information content (AvgIpc) is 2.86. The Morgan fingerprint density at radius 2 is 1.95 bits per heavy atom. The van der Waals surface area contributed by atoms with E-state index in [1.807, 2.05) is 0 Å². The van der Waals surface area contributed by atoms with Crippen LogP contribution >= 0.6 is 11.8 Å². The summed E-state index contributed by atoms with van der Waals surface area (Å²) in [4.78, 5) is 24.5. The predicted molar refractivity (Wildman–Crippen MR) is 73.2 cm³/mol. The van der Waals surface area contributed by atoms with Crippen molar-refractivity contribution < 1.29 is 27.9 Å². The van der Waals surface area contributed by atoms with Gasteiger partial charge in [-0.2, -0.15) is 11.8 Å². The molecule has 0 saturated carbocycles. The van der Waals surface area contributed by atoms with Crippen LogP contribution in [0.4, 0.5) is 0 Å². The van der Waals surface area contributed by atoms with Crippen molar-refractivity contribution in [2.75, 3.05) is 24.3 Å². The van der Waals surface area contributed by atoms with Crippen molar-refractivity contribution in [3.05, 3.63) is 0 Å². The fourth-order valence-electron chi connectivity index (χ4n) is 2.37. The number of thioether (sulfide) groups is 1. The van der Waals surface area contributed by atoms with Crippen LogP contribution in [0.25, 0.3) is 0 Å². The van der Waals surface area contributed by atoms with E-state index in [0.717, 1.165) is 6.26 Å². The number of hydrogen-bond acceptors (Lipinski definition) is 6. The van der Waals surface area contributed by atoms with Gasteiger partial charge >= 0.3 is 5.97 Å². The Kier molecular flexibility index (Phi) is 4.60. The Morgan fingerprint density at radius 1 is 1.30 bits per heavy atom. The number of hydrogen-bond donors (Lipinski definition) is 1. The number of nitrogens with zero attached hydrogens (tertiary/aromatic N) is 1. The van der Waals surface area contributed by atoms with Crippen molar-refractivity contribution in [1.82, 2.24) is 4.90 Å². The molecule has 1 N–H and O–H groups in total. The van der Waals surface area contributed by atoms with Crippen molar-refractivity contribution >= 4 is 33.5 Å². The number of rotatable bonds is 3. The van der Waals surface area contributed by atoms with E-state index in [0.29, 0.717) is 24.5 Å². The van der Waals surface area contributed by atoms with Gasteiger partial charge in [0.25, 0.3) is 5.91 Å². The van der Waals surface area contributed by atoms with E-state index in [1.165, 1.54) is 16.7 Å². The second-order valence-electron chi connectivity index (χ2n) is 4.92. The van der Waals surface area contributed by atoms with Crippen molar-refractivity contribution in [3.63, 3.8) is 0 Å². The van der Waals surface area contributed by atoms with Crippen LogP contribution in [0.2, 0.25) is 0 Å². The average molecular weight is 323 g/mol. The third kappa shape index (κ3) is 3.26. The van der Waals surface area contributed by atoms with Gasteiger partial charge in [-0.05, 0) is 12.8 Å². The fraction of sp³-hybridized carbons (Fsp3) is 0.818. The minimum Gasteiger partial charge on any atom is -0.479 e. The van der Waals surface area contributed by atoms with Crippen LogP contribution in [0.3, 0.4) is 0 Å². The molecule has 1 amide bonds. The molecule has 2 heterocycles. The van der Waals surface area contributed by atoms with Crippen molar-refractivity contribution in [1.29, 1.82) is 0 Å². The second kappa shape index (κ2) is 5.90. The molecule has 2 rings (SSSR count). The number of aliphatic carboxylic acids is 1. The molecule has 0 radical (unpaired) electrons. The zero-order chi connectivity index (χ0) is 14.9. The Balaban J connectivity index is 2.09. The molecule has 2 aliphatic rings. The van der Waals surface area contributed by atoms with Gasteiger partial charge in [-0.15, -0.1) is 0 Å². The van der Waals surface area contributed by atoms with Crippen LogP contribution in [-0.4, -0.2) is 72.2 Å². The number of sulfone groups is 1. The summed E-state index contributed by atoms with van der Waals surface area (Å²) in [7, 11) is -3.37. The molecular weight excluding hydrogens is 306 g/mol. The van der Waals surface area contributed by atoms with E-state index in [2.05, 4.69) is 0 Å². The largest absolute Gasteiger partial charge is 0.479 e. The smallest absolute Gasteiger partial charge is 0.332 e. The summed E-state index contributed by atoms with van der Waals surface area (Å²) in [5.41, 5.74) is 0. The monoisotopic (exact) mass is 323 g/mol. The first-order valence-electron chi connectivity index (χ1n) is 6.26. The Labute approximate surface area is 121 Å². The Morgan fingerprint density at radius 3 is 2.50 bits per heavy atom. The lowest BCUT2D eigenvalue weighted by Gasteiger charge is -2.35. The molecule has 0 aromatic rings. The van der Waals surface area contributed by atoms with Gasteiger partial charge in [0.15, 0.2) is 15.9 Å². The van der Waals surface area contributed by atoms with Gasteiger partial charge in [0, 0.05) is 24.3 Å². The van der Waals surface area contributed by atoms with E-state index in [9.17, 15) is 18.0 Å². The van der Waals surface area contributed by atoms with Gasteiger partial charge in [0.05, 0.1) is 0 Å². The predicted octanol–water partition coefficient (Wildman–Crippen LogP) is -0.435. The van der Waals surface area contributed by atoms with Gasteiger partial charge in [-0.1, -0.05) is 0 Å². The lowest BCUT2D eigenvalue weighted by Crippen LogP contribution is -2.53. The number of carbonyl (C=O) groups excluding carboxylic acids is 1. The van der Waals surface area contributed by atoms with Crippen LogP contribution in [0, 0.1) is 0 Å². The van der Waals surface area contributed by atoms with Crippen molar-refractivity contribution in [3.8, 4) is 0 Å². The van der Waals surface area contributed by atoms with Crippen LogP contribution in [-0.2, 0) is 24.2 Å². The molecule has 20 heavy (non-hydrogen) atoms. The van der Waals surface area contributed by atoms with E-state index in [-0.39, 0.29) is 6.42 Å². The molecule has 9 heteroatoms. The van der Waals surface area contributed by atoms with Crippen molar-refractivity contribution in [2.24, 2.45) is 0 Å². The van der Waals surface area contributed by atoms with E-state index >= 15 is 0 Å². The zero-order valence-corrected chi connectivity index (χ0v) is 12.7. The highest BCUT2D eigenvalue weighted by Crippen LogP contribution is 2.26. The zero-order valence-electron chi connectivity index (χ0n) is 11.0. The summed E-state index contributed by atoms with van der Waals surface area (Å²) in [6.07, 6.45) is -0.115. The molecule has 2 saturated heterocycles. The summed E-state index contributed by atoms with van der Waals surface area (Å²) in [6.45, 7) is 0.346. The number of ether oxygens (including phenoxy) is 1. The molecule has 3 unspecified atom stereocenters. The van der Waals surface area contributed by atoms with Gasteiger partial charge in [0.1, 0.15) is 11.5 Å². The summed E-state index contributed by atoms with van der Waals surface area (Å²) < 4.78 is 28.7. The molecule has 2 fully saturated rings. The molecule has 2 aliphatic heterocycles. The lowest BCUT2D eigenvalue weighted by atomic mass is 10.2. The first-order valence-corrected chi connectivity index (χ1v) is 9.37. The number of carboxylic acids is 1. The fourth-order valence-corrected chi connectivity index (χ4v) is 5.20. The molecule has 0 aliphatic carbocycles. The maximum absolute atomic E-state index is 12.4. The number of carbonyl (C=O) groups is 2. The van der Waals surface area contributed by atoms with Crippen molar-refractivity contribution in [2.45, 2.75) is 30.4 Å². The van der Waals surface area contributed by atoms with Gasteiger partial charge in [-0.3, -0.25) is 4.79 Å². The maximum Gasteiger partial charge on any atom is 0.332 e. The summed E-state index contributed by atoms with van der Waals surface area (Å²) in [5.74, 6) is -0.481. The first-order chi connectivity index (χ1) is 9.30. The van der Waals surface area contributed by atoms with E-state index in [1.54, 1.807) is 0 Å². The molecule has 114 valence electrons. The first kappa shape index (κ1) is 15.6. The molecule has 0 aromatic heterocycles. The molecular formula is C11H17NO6S2. The van der Waals surface area contributed by atoms with Crippen LogP contribution in [0.5, 0.6) is 0 Å². The number of amides is 1. The molecule has 0 spiro atoms. The standard InChI is InChI=1S/C11H17NO6S2/c1-20(16,17)9-6-19-5-4-12(9)10(13)7-2-3-8(18-7)11(14)15/h7-9H,2-6H2,1H3,(H,14,15). The summed E-state index contributed by atoms with van der Waals surface area (Å²) in [6, 6.07) is 0. The topological polar surface area (TPSA) is 101 Å². The van der Waals surface area contributed by atoms with E-state index < -0.39 is 39.3 Å². The van der Waals surface area contributed by atoms with E-state index in [4.69, 9.17) is 9.84 Å². The third-order valence-electron chi connectivity index (χ3n) is 3.43. The lowest BCUT2D eigenvalue weighted by molar-refractivity contribution is -0.154. The van der Waals surface area contributed by atoms with Gasteiger partial charge in [0.2, 0.25) is 0 Å². The highest BCUT2D eigenvalue weighted by molar-refractivity contribution is 8.00. The summed E-state index contributed by atoms with van der Waals surface area (Å²) >= 11 is 1.49. The van der Waals surface area contributed by atoms with Crippen LogP contribution in [0.1, 0.15) is 12.8 Å². The normalized spacial score (nSPS) is 31.2.